The summed E-state index contributed by atoms with van der Waals surface area (Å²) in [6, 6.07) is 13.4. The fraction of sp³-hybridized carbons (Fsp3) is 0.250. The van der Waals surface area contributed by atoms with E-state index in [1.807, 2.05) is 32.9 Å². The van der Waals surface area contributed by atoms with E-state index in [0.29, 0.717) is 22.3 Å². The van der Waals surface area contributed by atoms with Crippen LogP contribution in [0.15, 0.2) is 58.4 Å². The molecule has 0 aliphatic rings. The van der Waals surface area contributed by atoms with Crippen molar-refractivity contribution in [3.05, 3.63) is 85.7 Å². The molecular weight excluding hydrogens is 488 g/mol. The van der Waals surface area contributed by atoms with Crippen LogP contribution in [0.4, 0.5) is 5.69 Å². The van der Waals surface area contributed by atoms with Crippen molar-refractivity contribution in [2.75, 3.05) is 13.7 Å². The summed E-state index contributed by atoms with van der Waals surface area (Å²) >= 11 is 0. The standard InChI is InChI=1S/C28H28N4O6/c1-6-38-25-13-18(12-23(26(25)33)32(35)36)15-29-31-27(30-22-10-8-7-9-19(22)28(31)34)21-14-20(16(2)3)24(37-5)11-17(21)4/h7-16,33H,6H2,1-5H3. The van der Waals surface area contributed by atoms with Gasteiger partial charge in [-0.15, -0.1) is 0 Å². The summed E-state index contributed by atoms with van der Waals surface area (Å²) < 4.78 is 12.1. The van der Waals surface area contributed by atoms with Gasteiger partial charge in [0.15, 0.2) is 11.6 Å². The van der Waals surface area contributed by atoms with Crippen molar-refractivity contribution < 1.29 is 19.5 Å². The number of ether oxygens (including phenoxy) is 2. The predicted molar refractivity (Wildman–Crippen MR) is 146 cm³/mol. The molecule has 0 bridgehead atoms. The largest absolute Gasteiger partial charge is 0.500 e. The van der Waals surface area contributed by atoms with Crippen LogP contribution in [0.2, 0.25) is 0 Å². The molecule has 38 heavy (non-hydrogen) atoms. The summed E-state index contributed by atoms with van der Waals surface area (Å²) in [5.41, 5.74) is 2.31. The molecule has 0 fully saturated rings. The molecule has 1 N–H and O–H groups in total. The van der Waals surface area contributed by atoms with Crippen LogP contribution in [0.5, 0.6) is 17.2 Å². The van der Waals surface area contributed by atoms with Crippen molar-refractivity contribution in [1.82, 2.24) is 9.66 Å². The van der Waals surface area contributed by atoms with Gasteiger partial charge < -0.3 is 14.6 Å². The zero-order chi connectivity index (χ0) is 27.6. The van der Waals surface area contributed by atoms with Crippen LogP contribution in [0.25, 0.3) is 22.3 Å². The first-order valence-corrected chi connectivity index (χ1v) is 12.1. The van der Waals surface area contributed by atoms with Gasteiger partial charge in [-0.2, -0.15) is 9.78 Å². The summed E-state index contributed by atoms with van der Waals surface area (Å²) in [4.78, 5) is 29.2. The Morgan fingerprint density at radius 1 is 1.18 bits per heavy atom. The number of rotatable bonds is 8. The van der Waals surface area contributed by atoms with Gasteiger partial charge in [-0.05, 0) is 61.2 Å². The van der Waals surface area contributed by atoms with Crippen molar-refractivity contribution in [2.24, 2.45) is 5.10 Å². The summed E-state index contributed by atoms with van der Waals surface area (Å²) in [5.74, 6) is 0.557. The first kappa shape index (κ1) is 26.3. The van der Waals surface area contributed by atoms with Gasteiger partial charge in [0.25, 0.3) is 5.56 Å². The van der Waals surface area contributed by atoms with Gasteiger partial charge in [0.05, 0.1) is 35.8 Å². The van der Waals surface area contributed by atoms with E-state index in [2.05, 4.69) is 5.10 Å². The Morgan fingerprint density at radius 3 is 2.58 bits per heavy atom. The number of phenolic OH excluding ortho intramolecular Hbond substituents is 1. The zero-order valence-corrected chi connectivity index (χ0v) is 21.8. The third kappa shape index (κ3) is 4.93. The van der Waals surface area contributed by atoms with E-state index in [1.54, 1.807) is 38.3 Å². The molecule has 0 saturated heterocycles. The van der Waals surface area contributed by atoms with Gasteiger partial charge in [-0.25, -0.2) is 4.98 Å². The molecule has 0 aliphatic carbocycles. The van der Waals surface area contributed by atoms with Gasteiger partial charge in [-0.3, -0.25) is 14.9 Å². The van der Waals surface area contributed by atoms with Crippen molar-refractivity contribution in [1.29, 1.82) is 0 Å². The van der Waals surface area contributed by atoms with Crippen LogP contribution in [0.3, 0.4) is 0 Å². The van der Waals surface area contributed by atoms with Gasteiger partial charge in [-0.1, -0.05) is 26.0 Å². The second-order valence-corrected chi connectivity index (χ2v) is 8.95. The van der Waals surface area contributed by atoms with Crippen molar-refractivity contribution in [2.45, 2.75) is 33.6 Å². The molecule has 0 unspecified atom stereocenters. The fourth-order valence-electron chi connectivity index (χ4n) is 4.19. The minimum Gasteiger partial charge on any atom is -0.500 e. The van der Waals surface area contributed by atoms with E-state index < -0.39 is 21.9 Å². The number of benzene rings is 3. The predicted octanol–water partition coefficient (Wildman–Crippen LogP) is 5.40. The summed E-state index contributed by atoms with van der Waals surface area (Å²) in [7, 11) is 1.61. The van der Waals surface area contributed by atoms with Gasteiger partial charge in [0.1, 0.15) is 5.75 Å². The van der Waals surface area contributed by atoms with Crippen molar-refractivity contribution in [3.8, 4) is 28.6 Å². The monoisotopic (exact) mass is 516 g/mol. The number of aromatic nitrogens is 2. The third-order valence-electron chi connectivity index (χ3n) is 6.09. The van der Waals surface area contributed by atoms with Gasteiger partial charge >= 0.3 is 5.69 Å². The SMILES string of the molecule is CCOc1cc(C=Nn2c(-c3cc(C(C)C)c(OC)cc3C)nc3ccccc3c2=O)cc([N+](=O)[O-])c1O. The summed E-state index contributed by atoms with van der Waals surface area (Å²) in [6.07, 6.45) is 1.30. The summed E-state index contributed by atoms with van der Waals surface area (Å²) in [5, 5.41) is 26.5. The maximum Gasteiger partial charge on any atom is 0.315 e. The molecule has 0 amide bonds. The van der Waals surface area contributed by atoms with E-state index in [-0.39, 0.29) is 23.8 Å². The fourth-order valence-corrected chi connectivity index (χ4v) is 4.19. The highest BCUT2D eigenvalue weighted by Gasteiger charge is 2.21. The molecule has 0 aliphatic heterocycles. The number of nitrogens with zero attached hydrogens (tertiary/aromatic N) is 4. The molecule has 196 valence electrons. The second-order valence-electron chi connectivity index (χ2n) is 8.95. The Labute approximate surface area is 218 Å². The molecule has 4 aromatic rings. The minimum absolute atomic E-state index is 0.0556. The molecule has 4 rings (SSSR count). The maximum atomic E-state index is 13.6. The number of aromatic hydroxyl groups is 1. The average molecular weight is 517 g/mol. The first-order chi connectivity index (χ1) is 18.2. The quantitative estimate of drug-likeness (QED) is 0.189. The van der Waals surface area contributed by atoms with E-state index in [0.717, 1.165) is 22.9 Å². The number of nitro groups is 1. The number of phenols is 1. The highest BCUT2D eigenvalue weighted by molar-refractivity contribution is 5.84. The number of fused-ring (bicyclic) bond motifs is 1. The van der Waals surface area contributed by atoms with Crippen LogP contribution in [-0.2, 0) is 0 Å². The van der Waals surface area contributed by atoms with E-state index in [4.69, 9.17) is 14.5 Å². The number of hydrogen-bond acceptors (Lipinski definition) is 8. The van der Waals surface area contributed by atoms with Crippen molar-refractivity contribution >= 4 is 22.8 Å². The molecule has 1 heterocycles. The average Bonchev–Trinajstić information content (AvgIpc) is 2.89. The summed E-state index contributed by atoms with van der Waals surface area (Å²) in [6.45, 7) is 7.88. The number of nitro benzene ring substituents is 1. The van der Waals surface area contributed by atoms with Gasteiger partial charge in [0, 0.05) is 17.2 Å². The van der Waals surface area contributed by atoms with Gasteiger partial charge in [0.2, 0.25) is 5.75 Å². The molecule has 0 saturated carbocycles. The molecule has 0 radical (unpaired) electrons. The van der Waals surface area contributed by atoms with Crippen LogP contribution in [0, 0.1) is 17.0 Å². The van der Waals surface area contributed by atoms with Crippen LogP contribution >= 0.6 is 0 Å². The maximum absolute atomic E-state index is 13.6. The lowest BCUT2D eigenvalue weighted by atomic mass is 9.96. The lowest BCUT2D eigenvalue weighted by Gasteiger charge is -2.17. The van der Waals surface area contributed by atoms with E-state index >= 15 is 0 Å². The molecule has 3 aromatic carbocycles. The minimum atomic E-state index is -0.710. The third-order valence-corrected chi connectivity index (χ3v) is 6.09. The Hall–Kier alpha value is -4.73. The molecule has 10 heteroatoms. The molecule has 0 atom stereocenters. The number of para-hydroxylation sites is 1. The highest BCUT2D eigenvalue weighted by atomic mass is 16.6. The topological polar surface area (TPSA) is 129 Å². The Morgan fingerprint density at radius 2 is 1.92 bits per heavy atom. The Balaban J connectivity index is 1.98. The molecular formula is C28H28N4O6. The number of aryl methyl sites for hydroxylation is 1. The lowest BCUT2D eigenvalue weighted by Crippen LogP contribution is -2.20. The molecule has 1 aromatic heterocycles. The Kier molecular flexibility index (Phi) is 7.43. The zero-order valence-electron chi connectivity index (χ0n) is 21.8. The number of hydrogen-bond donors (Lipinski definition) is 1. The smallest absolute Gasteiger partial charge is 0.315 e. The lowest BCUT2D eigenvalue weighted by molar-refractivity contribution is -0.386. The number of methoxy groups -OCH3 is 1. The van der Waals surface area contributed by atoms with Crippen molar-refractivity contribution in [3.63, 3.8) is 0 Å². The van der Waals surface area contributed by atoms with E-state index in [1.165, 1.54) is 17.0 Å². The first-order valence-electron chi connectivity index (χ1n) is 12.1. The normalized spacial score (nSPS) is 11.4. The molecule has 10 nitrogen and oxygen atoms in total. The van der Waals surface area contributed by atoms with Crippen LogP contribution in [-0.4, -0.2) is 39.6 Å². The van der Waals surface area contributed by atoms with E-state index in [9.17, 15) is 20.0 Å². The second kappa shape index (κ2) is 10.7. The van der Waals surface area contributed by atoms with Crippen LogP contribution < -0.4 is 15.0 Å². The highest BCUT2D eigenvalue weighted by Crippen LogP contribution is 2.37. The Bertz CT molecular complexity index is 1620. The van der Waals surface area contributed by atoms with Crippen LogP contribution in [0.1, 0.15) is 43.4 Å². The molecule has 0 spiro atoms.